The number of carbonyl (C=O) groups excluding carboxylic acids is 1. The summed E-state index contributed by atoms with van der Waals surface area (Å²) in [7, 11) is 3.16. The Kier molecular flexibility index (Phi) is 5.40. The highest BCUT2D eigenvalue weighted by atomic mass is 16.5. The van der Waals surface area contributed by atoms with Crippen LogP contribution in [0.4, 0.5) is 0 Å². The van der Waals surface area contributed by atoms with Crippen molar-refractivity contribution in [2.75, 3.05) is 14.2 Å². The van der Waals surface area contributed by atoms with Crippen molar-refractivity contribution < 1.29 is 14.3 Å². The van der Waals surface area contributed by atoms with Crippen LogP contribution in [0.5, 0.6) is 11.5 Å². The summed E-state index contributed by atoms with van der Waals surface area (Å²) in [6, 6.07) is 10.8. The van der Waals surface area contributed by atoms with Gasteiger partial charge >= 0.3 is 0 Å². The maximum Gasteiger partial charge on any atom is 0.271 e. The van der Waals surface area contributed by atoms with Crippen LogP contribution in [0, 0.1) is 6.92 Å². The summed E-state index contributed by atoms with van der Waals surface area (Å²) in [4.78, 5) is 16.9. The molecule has 3 aromatic rings. The Bertz CT molecular complexity index is 986. The molecule has 0 saturated carbocycles. The molecule has 0 spiro atoms. The van der Waals surface area contributed by atoms with Crippen molar-refractivity contribution in [3.8, 4) is 11.5 Å². The van der Waals surface area contributed by atoms with E-state index in [-0.39, 0.29) is 5.91 Å². The predicted molar refractivity (Wildman–Crippen MR) is 105 cm³/mol. The number of aromatic nitrogens is 2. The van der Waals surface area contributed by atoms with Gasteiger partial charge in [-0.15, -0.1) is 0 Å². The summed E-state index contributed by atoms with van der Waals surface area (Å²) in [6.07, 6.45) is 1.54. The molecule has 140 valence electrons. The van der Waals surface area contributed by atoms with Crippen LogP contribution in [0.2, 0.25) is 0 Å². The van der Waals surface area contributed by atoms with E-state index in [1.165, 1.54) is 6.21 Å². The molecule has 0 aliphatic rings. The minimum absolute atomic E-state index is 0.299. The molecule has 2 aromatic carbocycles. The SMILES string of the molecule is CCn1c(C)nc2cc(C(=O)N/N=C/c3cc(OC)cc(OC)c3)ccc21. The molecule has 0 radical (unpaired) electrons. The average molecular weight is 366 g/mol. The standard InChI is InChI=1S/C20H22N4O3/c1-5-24-13(2)22-18-10-15(6-7-19(18)24)20(25)23-21-12-14-8-16(26-3)11-17(9-14)27-4/h6-12H,5H2,1-4H3,(H,23,25)/b21-12+. The number of amides is 1. The minimum atomic E-state index is -0.299. The van der Waals surface area contributed by atoms with Gasteiger partial charge in [-0.05, 0) is 44.2 Å². The van der Waals surface area contributed by atoms with Crippen molar-refractivity contribution in [3.05, 3.63) is 53.3 Å². The lowest BCUT2D eigenvalue weighted by molar-refractivity contribution is 0.0955. The number of carbonyl (C=O) groups is 1. The molecular formula is C20H22N4O3. The zero-order valence-corrected chi connectivity index (χ0v) is 15.8. The van der Waals surface area contributed by atoms with E-state index in [4.69, 9.17) is 9.47 Å². The highest BCUT2D eigenvalue weighted by Gasteiger charge is 2.10. The molecule has 1 heterocycles. The fraction of sp³-hybridized carbons (Fsp3) is 0.250. The van der Waals surface area contributed by atoms with Gasteiger partial charge < -0.3 is 14.0 Å². The highest BCUT2D eigenvalue weighted by molar-refractivity contribution is 5.98. The molecule has 0 saturated heterocycles. The molecule has 0 aliphatic heterocycles. The number of nitrogens with one attached hydrogen (secondary N) is 1. The van der Waals surface area contributed by atoms with Crippen LogP contribution in [0.15, 0.2) is 41.5 Å². The van der Waals surface area contributed by atoms with Gasteiger partial charge in [-0.3, -0.25) is 4.79 Å². The number of nitrogens with zero attached hydrogens (tertiary/aromatic N) is 3. The quantitative estimate of drug-likeness (QED) is 0.537. The Hall–Kier alpha value is -3.35. The van der Waals surface area contributed by atoms with Crippen molar-refractivity contribution in [2.45, 2.75) is 20.4 Å². The Morgan fingerprint density at radius 2 is 1.89 bits per heavy atom. The summed E-state index contributed by atoms with van der Waals surface area (Å²) in [5.74, 6) is 1.92. The number of hydrogen-bond acceptors (Lipinski definition) is 5. The summed E-state index contributed by atoms with van der Waals surface area (Å²) in [6.45, 7) is 4.86. The molecule has 0 bridgehead atoms. The second kappa shape index (κ2) is 7.90. The molecule has 3 rings (SSSR count). The van der Waals surface area contributed by atoms with Gasteiger partial charge in [0.1, 0.15) is 17.3 Å². The monoisotopic (exact) mass is 366 g/mol. The molecule has 0 fully saturated rings. The van der Waals surface area contributed by atoms with E-state index in [0.717, 1.165) is 29.0 Å². The van der Waals surface area contributed by atoms with Gasteiger partial charge in [0, 0.05) is 23.7 Å². The molecule has 0 unspecified atom stereocenters. The van der Waals surface area contributed by atoms with Gasteiger partial charge in [0.2, 0.25) is 0 Å². The molecule has 7 heteroatoms. The lowest BCUT2D eigenvalue weighted by atomic mass is 10.2. The fourth-order valence-corrected chi connectivity index (χ4v) is 2.92. The number of fused-ring (bicyclic) bond motifs is 1. The summed E-state index contributed by atoms with van der Waals surface area (Å²) in [5, 5.41) is 4.03. The maximum absolute atomic E-state index is 12.4. The van der Waals surface area contributed by atoms with E-state index in [1.807, 2.05) is 13.0 Å². The highest BCUT2D eigenvalue weighted by Crippen LogP contribution is 2.21. The van der Waals surface area contributed by atoms with Gasteiger partial charge in [-0.2, -0.15) is 5.10 Å². The largest absolute Gasteiger partial charge is 0.497 e. The van der Waals surface area contributed by atoms with E-state index >= 15 is 0 Å². The number of rotatable bonds is 6. The fourth-order valence-electron chi connectivity index (χ4n) is 2.92. The zero-order valence-electron chi connectivity index (χ0n) is 15.8. The van der Waals surface area contributed by atoms with Gasteiger partial charge in [-0.25, -0.2) is 10.4 Å². The third-order valence-electron chi connectivity index (χ3n) is 4.27. The van der Waals surface area contributed by atoms with Gasteiger partial charge in [0.05, 0.1) is 31.5 Å². The Morgan fingerprint density at radius 1 is 1.19 bits per heavy atom. The Balaban J connectivity index is 1.76. The minimum Gasteiger partial charge on any atom is -0.497 e. The van der Waals surface area contributed by atoms with Crippen molar-refractivity contribution in [1.82, 2.24) is 15.0 Å². The molecule has 1 N–H and O–H groups in total. The van der Waals surface area contributed by atoms with Crippen molar-refractivity contribution >= 4 is 23.2 Å². The third kappa shape index (κ3) is 3.92. The molecule has 0 aliphatic carbocycles. The van der Waals surface area contributed by atoms with Crippen LogP contribution in [0.3, 0.4) is 0 Å². The second-order valence-corrected chi connectivity index (χ2v) is 5.95. The number of methoxy groups -OCH3 is 2. The number of hydrazone groups is 1. The van der Waals surface area contributed by atoms with Crippen LogP contribution >= 0.6 is 0 Å². The van der Waals surface area contributed by atoms with Crippen LogP contribution in [0.1, 0.15) is 28.7 Å². The predicted octanol–water partition coefficient (Wildman–Crippen LogP) is 3.15. The molecule has 0 atom stereocenters. The number of hydrogen-bond donors (Lipinski definition) is 1. The van der Waals surface area contributed by atoms with Crippen molar-refractivity contribution in [2.24, 2.45) is 5.10 Å². The van der Waals surface area contributed by atoms with Crippen molar-refractivity contribution in [1.29, 1.82) is 0 Å². The van der Waals surface area contributed by atoms with Gasteiger partial charge in [0.15, 0.2) is 0 Å². The lowest BCUT2D eigenvalue weighted by Gasteiger charge is -2.05. The van der Waals surface area contributed by atoms with E-state index < -0.39 is 0 Å². The third-order valence-corrected chi connectivity index (χ3v) is 4.27. The maximum atomic E-state index is 12.4. The number of benzene rings is 2. The number of imidazole rings is 1. The van der Waals surface area contributed by atoms with Crippen LogP contribution < -0.4 is 14.9 Å². The van der Waals surface area contributed by atoms with Gasteiger partial charge in [0.25, 0.3) is 5.91 Å². The number of aryl methyl sites for hydroxylation is 2. The Labute approximate surface area is 157 Å². The molecular weight excluding hydrogens is 344 g/mol. The number of ether oxygens (including phenoxy) is 2. The van der Waals surface area contributed by atoms with Crippen molar-refractivity contribution in [3.63, 3.8) is 0 Å². The smallest absolute Gasteiger partial charge is 0.271 e. The molecule has 1 aromatic heterocycles. The molecule has 27 heavy (non-hydrogen) atoms. The van der Waals surface area contributed by atoms with E-state index in [0.29, 0.717) is 17.1 Å². The average Bonchev–Trinajstić information content (AvgIpc) is 3.01. The Morgan fingerprint density at radius 3 is 2.52 bits per heavy atom. The van der Waals surface area contributed by atoms with Crippen LogP contribution in [-0.2, 0) is 6.54 Å². The second-order valence-electron chi connectivity index (χ2n) is 5.95. The summed E-state index contributed by atoms with van der Waals surface area (Å²) in [5.41, 5.74) is 5.60. The van der Waals surface area contributed by atoms with E-state index in [9.17, 15) is 4.79 Å². The van der Waals surface area contributed by atoms with Gasteiger partial charge in [-0.1, -0.05) is 0 Å². The topological polar surface area (TPSA) is 77.7 Å². The van der Waals surface area contributed by atoms with Crippen LogP contribution in [0.25, 0.3) is 11.0 Å². The van der Waals surface area contributed by atoms with Crippen LogP contribution in [-0.4, -0.2) is 35.9 Å². The lowest BCUT2D eigenvalue weighted by Crippen LogP contribution is -2.17. The summed E-state index contributed by atoms with van der Waals surface area (Å²) < 4.78 is 12.5. The van der Waals surface area contributed by atoms with E-state index in [2.05, 4.69) is 27.0 Å². The first-order chi connectivity index (χ1) is 13.0. The first-order valence-electron chi connectivity index (χ1n) is 8.59. The van der Waals surface area contributed by atoms with E-state index in [1.54, 1.807) is 44.6 Å². The first-order valence-corrected chi connectivity index (χ1v) is 8.59. The first kappa shape index (κ1) is 18.4. The molecule has 1 amide bonds. The normalized spacial score (nSPS) is 11.1. The summed E-state index contributed by atoms with van der Waals surface area (Å²) >= 11 is 0. The molecule has 7 nitrogen and oxygen atoms in total. The zero-order chi connectivity index (χ0) is 19.4.